The van der Waals surface area contributed by atoms with Crippen molar-refractivity contribution in [2.45, 2.75) is 213 Å². The van der Waals surface area contributed by atoms with Gasteiger partial charge in [0.1, 0.15) is 0 Å². The Morgan fingerprint density at radius 3 is 0.581 bits per heavy atom. The van der Waals surface area contributed by atoms with E-state index in [2.05, 4.69) is 20.8 Å². The van der Waals surface area contributed by atoms with Crippen molar-refractivity contribution in [1.82, 2.24) is 0 Å². The summed E-state index contributed by atoms with van der Waals surface area (Å²) in [6.07, 6.45) is 33.5. The Labute approximate surface area is 305 Å². The van der Waals surface area contributed by atoms with Crippen LogP contribution in [0.3, 0.4) is 0 Å². The molecule has 1 radical (unpaired) electrons. The molecule has 6 nitrogen and oxygen atoms in total. The number of unbranched alkanes of at least 4 members (excludes halogenated alkanes) is 24. The van der Waals surface area contributed by atoms with Gasteiger partial charge in [0, 0.05) is 17.9 Å². The van der Waals surface area contributed by atoms with Crippen molar-refractivity contribution >= 4 is 17.9 Å². The van der Waals surface area contributed by atoms with Crippen LogP contribution >= 0.6 is 0 Å². The van der Waals surface area contributed by atoms with Crippen LogP contribution < -0.4 is 15.3 Å². The molecule has 0 amide bonds. The quantitative estimate of drug-likeness (QED) is 0.0684. The largest absolute Gasteiger partial charge is 3.00 e. The van der Waals surface area contributed by atoms with Crippen LogP contribution in [0.2, 0.25) is 0 Å². The molecule has 0 aromatic heterocycles. The van der Waals surface area contributed by atoms with Crippen molar-refractivity contribution in [2.24, 2.45) is 0 Å². The van der Waals surface area contributed by atoms with Crippen molar-refractivity contribution in [2.75, 3.05) is 0 Å². The number of rotatable bonds is 30. The summed E-state index contributed by atoms with van der Waals surface area (Å²) < 4.78 is 0. The Morgan fingerprint density at radius 1 is 0.302 bits per heavy atom. The van der Waals surface area contributed by atoms with Gasteiger partial charge < -0.3 is 29.7 Å². The molecule has 0 aliphatic rings. The van der Waals surface area contributed by atoms with Gasteiger partial charge in [-0.1, -0.05) is 175 Å². The predicted octanol–water partition coefficient (Wildman–Crippen LogP) is 7.97. The normalized spacial score (nSPS) is 10.1. The average Bonchev–Trinajstić information content (AvgIpc) is 2.95. The van der Waals surface area contributed by atoms with Gasteiger partial charge in [-0.05, 0) is 38.5 Å². The minimum Gasteiger partial charge on any atom is -0.550 e. The van der Waals surface area contributed by atoms with Crippen LogP contribution in [0.25, 0.3) is 0 Å². The van der Waals surface area contributed by atoms with Gasteiger partial charge in [-0.15, -0.1) is 0 Å². The van der Waals surface area contributed by atoms with E-state index in [1.165, 1.54) is 135 Å². The van der Waals surface area contributed by atoms with Crippen LogP contribution in [0.5, 0.6) is 0 Å². The zero-order valence-corrected chi connectivity index (χ0v) is 30.1. The Balaban J connectivity index is -0.000000262. The maximum absolute atomic E-state index is 10.1. The van der Waals surface area contributed by atoms with Gasteiger partial charge in [-0.3, -0.25) is 0 Å². The molecule has 0 heterocycles. The predicted molar refractivity (Wildman–Crippen MR) is 171 cm³/mol. The summed E-state index contributed by atoms with van der Waals surface area (Å²) in [6, 6.07) is 0. The van der Waals surface area contributed by atoms with Crippen LogP contribution in [0.15, 0.2) is 0 Å². The molecular formula is C36H69O6Yb. The first-order valence-corrected chi connectivity index (χ1v) is 17.9. The standard InChI is InChI=1S/3C12H24O2.Yb/c3*1-2-3-4-5-6-7-8-9-10-11-12(13)14;/h3*2-11H2,1H3,(H,13,14);/q;;;+3/p-3. The van der Waals surface area contributed by atoms with E-state index >= 15 is 0 Å². The molecule has 0 spiro atoms. The number of carbonyl (C=O) groups is 3. The molecule has 0 atom stereocenters. The van der Waals surface area contributed by atoms with E-state index < -0.39 is 17.9 Å². The molecule has 43 heavy (non-hydrogen) atoms. The number of carboxylic acid groups (broad SMARTS) is 3. The molecule has 263 valence electrons. The fourth-order valence-electron chi connectivity index (χ4n) is 4.74. The molecule has 0 saturated heterocycles. The van der Waals surface area contributed by atoms with Crippen molar-refractivity contribution in [3.05, 3.63) is 0 Å². The molecular weight excluding hydrogens is 701 g/mol. The van der Waals surface area contributed by atoms with Crippen LogP contribution in [0, 0.1) is 46.9 Å². The zero-order chi connectivity index (χ0) is 31.9. The Morgan fingerprint density at radius 2 is 0.442 bits per heavy atom. The maximum atomic E-state index is 10.1. The van der Waals surface area contributed by atoms with Gasteiger partial charge in [0.25, 0.3) is 0 Å². The first-order chi connectivity index (χ1) is 20.3. The van der Waals surface area contributed by atoms with E-state index in [1.807, 2.05) is 0 Å². The van der Waals surface area contributed by atoms with Crippen molar-refractivity contribution in [3.8, 4) is 0 Å². The summed E-state index contributed by atoms with van der Waals surface area (Å²) in [7, 11) is 0. The van der Waals surface area contributed by atoms with Crippen molar-refractivity contribution in [3.63, 3.8) is 0 Å². The fraction of sp³-hybridized carbons (Fsp3) is 0.917. The fourth-order valence-corrected chi connectivity index (χ4v) is 4.74. The molecule has 0 aliphatic heterocycles. The van der Waals surface area contributed by atoms with Crippen LogP contribution in [0.4, 0.5) is 0 Å². The van der Waals surface area contributed by atoms with Gasteiger partial charge in [0.2, 0.25) is 0 Å². The van der Waals surface area contributed by atoms with Crippen LogP contribution in [-0.2, 0) is 14.4 Å². The number of aliphatic carboxylic acids is 3. The van der Waals surface area contributed by atoms with Crippen LogP contribution in [-0.4, -0.2) is 17.9 Å². The Bertz CT molecular complexity index is 480. The second-order valence-electron chi connectivity index (χ2n) is 11.9. The van der Waals surface area contributed by atoms with Crippen molar-refractivity contribution < 1.29 is 76.6 Å². The molecule has 0 rings (SSSR count). The van der Waals surface area contributed by atoms with Crippen LogP contribution in [0.1, 0.15) is 213 Å². The smallest absolute Gasteiger partial charge is 0.550 e. The minimum absolute atomic E-state index is 0. The first kappa shape index (κ1) is 49.8. The minimum atomic E-state index is -0.909. The summed E-state index contributed by atoms with van der Waals surface area (Å²) >= 11 is 0. The number of hydrogen-bond donors (Lipinski definition) is 0. The molecule has 0 saturated carbocycles. The number of carbonyl (C=O) groups excluding carboxylic acids is 3. The second kappa shape index (κ2) is 46.3. The maximum Gasteiger partial charge on any atom is 3.00 e. The molecule has 0 N–H and O–H groups in total. The van der Waals surface area contributed by atoms with E-state index in [9.17, 15) is 29.7 Å². The average molecular weight is 771 g/mol. The summed E-state index contributed by atoms with van der Waals surface area (Å²) in [5.41, 5.74) is 0. The van der Waals surface area contributed by atoms with Gasteiger partial charge >= 0.3 is 46.9 Å². The molecule has 7 heteroatoms. The van der Waals surface area contributed by atoms with Gasteiger partial charge in [0.15, 0.2) is 0 Å². The van der Waals surface area contributed by atoms with E-state index in [1.54, 1.807) is 0 Å². The van der Waals surface area contributed by atoms with E-state index in [-0.39, 0.29) is 66.2 Å². The monoisotopic (exact) mass is 771 g/mol. The summed E-state index contributed by atoms with van der Waals surface area (Å²) in [5.74, 6) is -2.73. The van der Waals surface area contributed by atoms with Gasteiger partial charge in [-0.25, -0.2) is 0 Å². The first-order valence-electron chi connectivity index (χ1n) is 17.9. The molecule has 0 bridgehead atoms. The third-order valence-electron chi connectivity index (χ3n) is 7.45. The SMILES string of the molecule is CCCCCCCCCCCC(=O)[O-].CCCCCCCCCCCC(=O)[O-].CCCCCCCCCCCC(=O)[O-].[Yb+3]. The third kappa shape index (κ3) is 61.7. The van der Waals surface area contributed by atoms with Gasteiger partial charge in [0.05, 0.1) is 0 Å². The van der Waals surface area contributed by atoms with Crippen molar-refractivity contribution in [1.29, 1.82) is 0 Å². The number of hydrogen-bond acceptors (Lipinski definition) is 6. The molecule has 0 fully saturated rings. The molecule has 0 unspecified atom stereocenters. The summed E-state index contributed by atoms with van der Waals surface area (Å²) in [5, 5.41) is 30.3. The topological polar surface area (TPSA) is 120 Å². The third-order valence-corrected chi connectivity index (χ3v) is 7.45. The summed E-state index contributed by atoms with van der Waals surface area (Å²) in [4.78, 5) is 30.3. The second-order valence-corrected chi connectivity index (χ2v) is 11.9. The molecule has 0 aromatic carbocycles. The molecule has 0 aliphatic carbocycles. The Hall–Kier alpha value is -0.0705. The molecule has 0 aromatic rings. The van der Waals surface area contributed by atoms with E-state index in [0.29, 0.717) is 0 Å². The van der Waals surface area contributed by atoms with Gasteiger partial charge in [-0.2, -0.15) is 0 Å². The van der Waals surface area contributed by atoms with E-state index in [0.717, 1.165) is 38.5 Å². The number of carboxylic acids is 3. The van der Waals surface area contributed by atoms with E-state index in [4.69, 9.17) is 0 Å². The zero-order valence-electron chi connectivity index (χ0n) is 28.4. The summed E-state index contributed by atoms with van der Waals surface area (Å²) in [6.45, 7) is 6.67. The Kier molecular flexibility index (Phi) is 53.7.